The number of para-hydroxylation sites is 6. The Morgan fingerprint density at radius 3 is 1.57 bits per heavy atom. The van der Waals surface area contributed by atoms with Crippen LogP contribution in [0, 0.1) is 0 Å². The average Bonchev–Trinajstić information content (AvgIpc) is 3.64. The van der Waals surface area contributed by atoms with Crippen molar-refractivity contribution < 1.29 is 0 Å². The van der Waals surface area contributed by atoms with Crippen LogP contribution in [0.25, 0.3) is 49.7 Å². The zero-order valence-electron chi connectivity index (χ0n) is 31.7. The van der Waals surface area contributed by atoms with Crippen LogP contribution in [0.4, 0.5) is 34.1 Å². The van der Waals surface area contributed by atoms with Crippen LogP contribution in [-0.4, -0.2) is 11.3 Å². The molecule has 0 atom stereocenters. The highest BCUT2D eigenvalue weighted by molar-refractivity contribution is 7.00. The minimum atomic E-state index is 0.0885. The van der Waals surface area contributed by atoms with Crippen LogP contribution < -0.4 is 26.2 Å². The van der Waals surface area contributed by atoms with Crippen molar-refractivity contribution in [2.75, 3.05) is 9.80 Å². The molecule has 0 amide bonds. The molecule has 2 aliphatic heterocycles. The SMILES string of the molecule is c1ccc(N2c3ccccc3B3c4ccc(-c5ccc(-c6cccc7c8ccccc8n(-c8ccccc8)c67)cc5)cc4N(c4ccccc4)c4cccc2c43)cc1. The summed E-state index contributed by atoms with van der Waals surface area (Å²) in [5, 5.41) is 2.52. The Morgan fingerprint density at radius 1 is 0.328 bits per heavy atom. The number of fused-ring (bicyclic) bond motifs is 7. The molecule has 0 N–H and O–H groups in total. The van der Waals surface area contributed by atoms with Crippen molar-refractivity contribution in [3.8, 4) is 27.9 Å². The van der Waals surface area contributed by atoms with Crippen molar-refractivity contribution in [3.05, 3.63) is 218 Å². The molecule has 0 unspecified atom stereocenters. The second kappa shape index (κ2) is 13.0. The van der Waals surface area contributed by atoms with E-state index in [2.05, 4.69) is 233 Å². The van der Waals surface area contributed by atoms with Gasteiger partial charge in [-0.1, -0.05) is 152 Å². The first-order valence-electron chi connectivity index (χ1n) is 20.1. The van der Waals surface area contributed by atoms with Crippen LogP contribution >= 0.6 is 0 Å². The number of rotatable bonds is 5. The Kier molecular flexibility index (Phi) is 7.33. The molecule has 0 fully saturated rings. The quantitative estimate of drug-likeness (QED) is 0.163. The molecule has 2 aliphatic rings. The maximum absolute atomic E-state index is 2.47. The second-order valence-corrected chi connectivity index (χ2v) is 15.3. The zero-order valence-corrected chi connectivity index (χ0v) is 31.7. The van der Waals surface area contributed by atoms with Gasteiger partial charge in [0.1, 0.15) is 0 Å². The van der Waals surface area contributed by atoms with E-state index in [4.69, 9.17) is 0 Å². The fraction of sp³-hybridized carbons (Fsp3) is 0. The van der Waals surface area contributed by atoms with Gasteiger partial charge in [0.15, 0.2) is 0 Å². The maximum atomic E-state index is 2.47. The van der Waals surface area contributed by atoms with Crippen molar-refractivity contribution in [2.45, 2.75) is 0 Å². The molecule has 1 aromatic heterocycles. The van der Waals surface area contributed by atoms with E-state index in [0.717, 1.165) is 17.1 Å². The van der Waals surface area contributed by atoms with E-state index >= 15 is 0 Å². The lowest BCUT2D eigenvalue weighted by molar-refractivity contribution is 1.18. The van der Waals surface area contributed by atoms with Gasteiger partial charge in [0, 0.05) is 56.1 Å². The number of hydrogen-bond donors (Lipinski definition) is 0. The number of aromatic nitrogens is 1. The molecule has 4 heteroatoms. The average molecular weight is 738 g/mol. The molecule has 0 saturated carbocycles. The zero-order chi connectivity index (χ0) is 38.2. The molecule has 0 aliphatic carbocycles. The van der Waals surface area contributed by atoms with Gasteiger partial charge in [-0.15, -0.1) is 0 Å². The van der Waals surface area contributed by atoms with Gasteiger partial charge in [0.05, 0.1) is 11.0 Å². The van der Waals surface area contributed by atoms with Crippen LogP contribution in [0.3, 0.4) is 0 Å². The first kappa shape index (κ1) is 32.7. The summed E-state index contributed by atoms with van der Waals surface area (Å²) in [7, 11) is 0. The Hall–Kier alpha value is -7.56. The third-order valence-corrected chi connectivity index (χ3v) is 12.2. The predicted molar refractivity (Wildman–Crippen MR) is 246 cm³/mol. The Labute approximate surface area is 338 Å². The van der Waals surface area contributed by atoms with Gasteiger partial charge in [-0.3, -0.25) is 0 Å². The first-order chi connectivity index (χ1) is 28.8. The lowest BCUT2D eigenvalue weighted by Gasteiger charge is -2.44. The summed E-state index contributed by atoms with van der Waals surface area (Å²) in [5.74, 6) is 0. The number of benzene rings is 9. The topological polar surface area (TPSA) is 11.4 Å². The Morgan fingerprint density at radius 2 is 0.845 bits per heavy atom. The summed E-state index contributed by atoms with van der Waals surface area (Å²) < 4.78 is 2.42. The summed E-state index contributed by atoms with van der Waals surface area (Å²) in [6.07, 6.45) is 0. The van der Waals surface area contributed by atoms with Crippen molar-refractivity contribution in [1.29, 1.82) is 0 Å². The van der Waals surface area contributed by atoms with E-state index in [1.54, 1.807) is 0 Å². The molecule has 270 valence electrons. The standard InChI is InChI=1S/C54H36BN3/c1-4-16-40(17-5-1)56-49-27-13-11-25-46(49)55-47-35-34-39(36-52(47)57(41-18-6-2-7-19-41)51-29-15-28-50(56)53(51)55)37-30-32-38(33-31-37)43-23-14-24-45-44-22-10-12-26-48(44)58(54(43)45)42-20-8-3-9-21-42/h1-36H. The van der Waals surface area contributed by atoms with E-state index < -0.39 is 0 Å². The van der Waals surface area contributed by atoms with Crippen LogP contribution in [0.15, 0.2) is 218 Å². The van der Waals surface area contributed by atoms with Gasteiger partial charge in [-0.25, -0.2) is 0 Å². The van der Waals surface area contributed by atoms with Crippen molar-refractivity contribution in [1.82, 2.24) is 4.57 Å². The summed E-state index contributed by atoms with van der Waals surface area (Å²) in [5.41, 5.74) is 19.5. The predicted octanol–water partition coefficient (Wildman–Crippen LogP) is 12.2. The molecule has 0 spiro atoms. The number of anilines is 6. The van der Waals surface area contributed by atoms with Crippen molar-refractivity contribution >= 4 is 79.0 Å². The molecule has 9 aromatic carbocycles. The monoisotopic (exact) mass is 737 g/mol. The van der Waals surface area contributed by atoms with E-state index in [1.807, 2.05) is 0 Å². The lowest BCUT2D eigenvalue weighted by Crippen LogP contribution is -2.61. The number of hydrogen-bond acceptors (Lipinski definition) is 2. The van der Waals surface area contributed by atoms with E-state index in [9.17, 15) is 0 Å². The highest BCUT2D eigenvalue weighted by Crippen LogP contribution is 2.45. The highest BCUT2D eigenvalue weighted by Gasteiger charge is 2.43. The largest absolute Gasteiger partial charge is 0.311 e. The molecule has 0 saturated heterocycles. The van der Waals surface area contributed by atoms with Crippen molar-refractivity contribution in [3.63, 3.8) is 0 Å². The van der Waals surface area contributed by atoms with Crippen molar-refractivity contribution in [2.24, 2.45) is 0 Å². The summed E-state index contributed by atoms with van der Waals surface area (Å²) in [4.78, 5) is 4.91. The summed E-state index contributed by atoms with van der Waals surface area (Å²) in [6.45, 7) is 0.0885. The van der Waals surface area contributed by atoms with E-state index in [0.29, 0.717) is 0 Å². The molecule has 58 heavy (non-hydrogen) atoms. The fourth-order valence-corrected chi connectivity index (χ4v) is 9.71. The summed E-state index contributed by atoms with van der Waals surface area (Å²) >= 11 is 0. The second-order valence-electron chi connectivity index (χ2n) is 15.3. The minimum Gasteiger partial charge on any atom is -0.311 e. The molecule has 0 radical (unpaired) electrons. The van der Waals surface area contributed by atoms with Gasteiger partial charge in [0.2, 0.25) is 0 Å². The summed E-state index contributed by atoms with van der Waals surface area (Å²) in [6, 6.07) is 79.8. The van der Waals surface area contributed by atoms with Gasteiger partial charge in [-0.2, -0.15) is 0 Å². The minimum absolute atomic E-state index is 0.0885. The van der Waals surface area contributed by atoms with Gasteiger partial charge in [0.25, 0.3) is 6.71 Å². The van der Waals surface area contributed by atoms with E-state index in [1.165, 1.54) is 83.2 Å². The molecular formula is C54H36BN3. The maximum Gasteiger partial charge on any atom is 0.252 e. The van der Waals surface area contributed by atoms with Gasteiger partial charge in [-0.05, 0) is 99.8 Å². The van der Waals surface area contributed by atoms with E-state index in [-0.39, 0.29) is 6.71 Å². The van der Waals surface area contributed by atoms with Gasteiger partial charge < -0.3 is 14.4 Å². The molecular weight excluding hydrogens is 701 g/mol. The van der Waals surface area contributed by atoms with Gasteiger partial charge >= 0.3 is 0 Å². The third-order valence-electron chi connectivity index (χ3n) is 12.2. The number of nitrogens with zero attached hydrogens (tertiary/aromatic N) is 3. The van der Waals surface area contributed by atoms with Crippen LogP contribution in [0.1, 0.15) is 0 Å². The lowest BCUT2D eigenvalue weighted by atomic mass is 9.33. The van der Waals surface area contributed by atoms with Crippen LogP contribution in [0.2, 0.25) is 0 Å². The molecule has 12 rings (SSSR count). The smallest absolute Gasteiger partial charge is 0.252 e. The molecule has 3 heterocycles. The van der Waals surface area contributed by atoms with Crippen LogP contribution in [-0.2, 0) is 0 Å². The third kappa shape index (κ3) is 4.88. The molecule has 10 aromatic rings. The Balaban J connectivity index is 1.01. The highest BCUT2D eigenvalue weighted by atomic mass is 15.2. The Bertz CT molecular complexity index is 3170. The molecule has 0 bridgehead atoms. The van der Waals surface area contributed by atoms with Crippen LogP contribution in [0.5, 0.6) is 0 Å². The fourth-order valence-electron chi connectivity index (χ4n) is 9.71. The molecule has 3 nitrogen and oxygen atoms in total. The normalized spacial score (nSPS) is 12.7. The first-order valence-corrected chi connectivity index (χ1v) is 20.1.